The molecule has 3 aromatic carbocycles. The first-order valence-electron chi connectivity index (χ1n) is 13.2. The van der Waals surface area contributed by atoms with Crippen LogP contribution in [0, 0.1) is 5.92 Å². The van der Waals surface area contributed by atoms with E-state index >= 15 is 0 Å². The van der Waals surface area contributed by atoms with Crippen molar-refractivity contribution in [2.24, 2.45) is 5.92 Å². The summed E-state index contributed by atoms with van der Waals surface area (Å²) >= 11 is 0. The highest BCUT2D eigenvalue weighted by atomic mass is 16.5. The van der Waals surface area contributed by atoms with Gasteiger partial charge in [0.15, 0.2) is 0 Å². The largest absolute Gasteiger partial charge is 0.502 e. The molecule has 0 unspecified atom stereocenters. The highest BCUT2D eigenvalue weighted by molar-refractivity contribution is 5.95. The zero-order valence-corrected chi connectivity index (χ0v) is 22.2. The molecule has 2 heterocycles. The number of hydrogen-bond acceptors (Lipinski definition) is 4. The van der Waals surface area contributed by atoms with E-state index in [0.29, 0.717) is 12.2 Å². The number of benzene rings is 3. The van der Waals surface area contributed by atoms with Gasteiger partial charge in [-0.25, -0.2) is 0 Å². The first kappa shape index (κ1) is 25.7. The average molecular weight is 506 g/mol. The molecule has 1 fully saturated rings. The Morgan fingerprint density at radius 2 is 1.34 bits per heavy atom. The van der Waals surface area contributed by atoms with Gasteiger partial charge in [0.05, 0.1) is 31.1 Å². The van der Waals surface area contributed by atoms with Crippen LogP contribution < -0.4 is 0 Å². The molecule has 2 aliphatic heterocycles. The number of allylic oxidation sites excluding steroid dienone is 2. The van der Waals surface area contributed by atoms with E-state index in [1.54, 1.807) is 11.2 Å². The van der Waals surface area contributed by atoms with Crippen molar-refractivity contribution in [2.45, 2.75) is 25.2 Å². The van der Waals surface area contributed by atoms with Gasteiger partial charge in [0.25, 0.3) is 5.91 Å². The van der Waals surface area contributed by atoms with E-state index in [1.165, 1.54) is 11.1 Å². The quantitative estimate of drug-likeness (QED) is 0.349. The topological polar surface area (TPSA) is 36.0 Å². The molecule has 0 spiro atoms. The van der Waals surface area contributed by atoms with Crippen LogP contribution in [0.4, 0.5) is 0 Å². The van der Waals surface area contributed by atoms with E-state index in [1.807, 2.05) is 49.7 Å². The van der Waals surface area contributed by atoms with Crippen LogP contribution in [0.5, 0.6) is 0 Å². The fourth-order valence-corrected chi connectivity index (χ4v) is 5.74. The summed E-state index contributed by atoms with van der Waals surface area (Å²) in [5.74, 6) is -0.0590. The van der Waals surface area contributed by atoms with Crippen LogP contribution >= 0.6 is 0 Å². The molecule has 0 aliphatic carbocycles. The summed E-state index contributed by atoms with van der Waals surface area (Å²) in [5, 5.41) is 0. The van der Waals surface area contributed by atoms with Gasteiger partial charge in [0.2, 0.25) is 0 Å². The molecule has 5 nitrogen and oxygen atoms in total. The number of carbonyl (C=O) groups excluding carboxylic acids is 1. The molecule has 2 aliphatic rings. The number of ether oxygens (including phenoxy) is 1. The molecule has 38 heavy (non-hydrogen) atoms. The summed E-state index contributed by atoms with van der Waals surface area (Å²) in [6, 6.07) is 31.1. The lowest BCUT2D eigenvalue weighted by atomic mass is 9.93. The standard InChI is InChI=1S/C33H35N3O2/c1-4-38-23-21-25-20-22-36(33(37)28-18-12-7-13-19-28)24-29(25)32-34(2)30(26-14-8-5-9-15-26)31(35(32)3)27-16-10-6-11-17-27/h5-25,30-32H,4H2,1-3H3/b23-21+/t25-,30-,31-/m0/s1. The summed E-state index contributed by atoms with van der Waals surface area (Å²) in [6.45, 7) is 2.59. The van der Waals surface area contributed by atoms with E-state index in [2.05, 4.69) is 96.7 Å². The van der Waals surface area contributed by atoms with Gasteiger partial charge in [-0.1, -0.05) is 84.9 Å². The van der Waals surface area contributed by atoms with Crippen LogP contribution in [-0.2, 0) is 4.74 Å². The average Bonchev–Trinajstić information content (AvgIpc) is 3.23. The lowest BCUT2D eigenvalue weighted by molar-refractivity contribution is 0.0862. The second-order valence-corrected chi connectivity index (χ2v) is 9.77. The fraction of sp³-hybridized carbons (Fsp3) is 0.242. The SMILES string of the molecule is CCO/C=C/[C@@H]1C=CN(C(=O)c2ccccc2)C=C1C1N(C)[C@@H](c2ccccc2)[C@H](c2ccccc2)N1C. The zero-order chi connectivity index (χ0) is 26.5. The maximum absolute atomic E-state index is 13.4. The van der Waals surface area contributed by atoms with Crippen LogP contribution in [-0.4, -0.2) is 47.5 Å². The third-order valence-electron chi connectivity index (χ3n) is 7.46. The first-order valence-corrected chi connectivity index (χ1v) is 13.2. The highest BCUT2D eigenvalue weighted by Crippen LogP contribution is 2.48. The Morgan fingerprint density at radius 1 is 0.816 bits per heavy atom. The van der Waals surface area contributed by atoms with Crippen LogP contribution in [0.3, 0.4) is 0 Å². The van der Waals surface area contributed by atoms with Gasteiger partial charge >= 0.3 is 0 Å². The Hall–Kier alpha value is -3.93. The van der Waals surface area contributed by atoms with E-state index in [9.17, 15) is 4.79 Å². The molecule has 0 aromatic heterocycles. The van der Waals surface area contributed by atoms with Crippen LogP contribution in [0.2, 0.25) is 0 Å². The van der Waals surface area contributed by atoms with Crippen LogP contribution in [0.1, 0.15) is 40.5 Å². The van der Waals surface area contributed by atoms with Gasteiger partial charge in [-0.05, 0) is 55.9 Å². The normalized spacial score (nSPS) is 22.7. The number of rotatable bonds is 7. The summed E-state index contributed by atoms with van der Waals surface area (Å²) in [6.07, 6.45) is 9.78. The predicted molar refractivity (Wildman–Crippen MR) is 152 cm³/mol. The Labute approximate surface area is 225 Å². The van der Waals surface area contributed by atoms with Crippen molar-refractivity contribution in [3.05, 3.63) is 144 Å². The third kappa shape index (κ3) is 5.08. The maximum Gasteiger partial charge on any atom is 0.261 e. The minimum atomic E-state index is -0.0471. The molecule has 5 rings (SSSR count). The number of carbonyl (C=O) groups is 1. The Balaban J connectivity index is 1.57. The molecule has 1 amide bonds. The smallest absolute Gasteiger partial charge is 0.261 e. The maximum atomic E-state index is 13.4. The summed E-state index contributed by atoms with van der Waals surface area (Å²) in [4.78, 5) is 20.0. The van der Waals surface area contributed by atoms with Crippen molar-refractivity contribution >= 4 is 5.91 Å². The van der Waals surface area contributed by atoms with E-state index < -0.39 is 0 Å². The van der Waals surface area contributed by atoms with Gasteiger partial charge in [0.1, 0.15) is 0 Å². The summed E-state index contributed by atoms with van der Waals surface area (Å²) < 4.78 is 5.58. The molecule has 0 saturated carbocycles. The lowest BCUT2D eigenvalue weighted by Crippen LogP contribution is -2.41. The monoisotopic (exact) mass is 505 g/mol. The molecule has 0 radical (unpaired) electrons. The Kier molecular flexibility index (Phi) is 7.87. The predicted octanol–water partition coefficient (Wildman–Crippen LogP) is 6.39. The van der Waals surface area contributed by atoms with Crippen molar-refractivity contribution in [2.75, 3.05) is 20.7 Å². The molecule has 0 bridgehead atoms. The zero-order valence-electron chi connectivity index (χ0n) is 22.2. The van der Waals surface area contributed by atoms with Crippen LogP contribution in [0.15, 0.2) is 127 Å². The fourth-order valence-electron chi connectivity index (χ4n) is 5.74. The molecule has 5 heteroatoms. The Bertz CT molecular complexity index is 1250. The number of likely N-dealkylation sites (N-methyl/N-ethyl adjacent to an activating group) is 2. The number of nitrogens with zero attached hydrogens (tertiary/aromatic N) is 3. The van der Waals surface area contributed by atoms with E-state index in [0.717, 1.165) is 5.57 Å². The molecule has 194 valence electrons. The number of hydrogen-bond donors (Lipinski definition) is 0. The van der Waals surface area contributed by atoms with Gasteiger partial charge in [-0.15, -0.1) is 0 Å². The molecule has 1 saturated heterocycles. The van der Waals surface area contributed by atoms with Gasteiger partial charge in [-0.3, -0.25) is 19.5 Å². The van der Waals surface area contributed by atoms with Crippen molar-refractivity contribution in [1.29, 1.82) is 0 Å². The molecule has 3 aromatic rings. The highest BCUT2D eigenvalue weighted by Gasteiger charge is 2.47. The minimum absolute atomic E-state index is 0.0118. The second-order valence-electron chi connectivity index (χ2n) is 9.77. The number of amides is 1. The van der Waals surface area contributed by atoms with E-state index in [4.69, 9.17) is 4.74 Å². The van der Waals surface area contributed by atoms with Gasteiger partial charge in [0, 0.05) is 23.9 Å². The molecule has 0 N–H and O–H groups in total. The van der Waals surface area contributed by atoms with Gasteiger partial charge in [-0.2, -0.15) is 0 Å². The van der Waals surface area contributed by atoms with Crippen molar-refractivity contribution < 1.29 is 9.53 Å². The summed E-state index contributed by atoms with van der Waals surface area (Å²) in [7, 11) is 4.38. The third-order valence-corrected chi connectivity index (χ3v) is 7.46. The Morgan fingerprint density at radius 3 is 1.87 bits per heavy atom. The lowest BCUT2D eigenvalue weighted by Gasteiger charge is -2.35. The molecular weight excluding hydrogens is 470 g/mol. The molecular formula is C33H35N3O2. The minimum Gasteiger partial charge on any atom is -0.502 e. The second kappa shape index (κ2) is 11.6. The van der Waals surface area contributed by atoms with Crippen molar-refractivity contribution in [1.82, 2.24) is 14.7 Å². The summed E-state index contributed by atoms with van der Waals surface area (Å²) in [5.41, 5.74) is 4.32. The van der Waals surface area contributed by atoms with E-state index in [-0.39, 0.29) is 30.1 Å². The van der Waals surface area contributed by atoms with Gasteiger partial charge < -0.3 is 4.74 Å². The van der Waals surface area contributed by atoms with Crippen LogP contribution in [0.25, 0.3) is 0 Å². The van der Waals surface area contributed by atoms with Crippen molar-refractivity contribution in [3.8, 4) is 0 Å². The molecule has 3 atom stereocenters. The first-order chi connectivity index (χ1) is 18.6. The van der Waals surface area contributed by atoms with Crippen molar-refractivity contribution in [3.63, 3.8) is 0 Å².